The Hall–Kier alpha value is -3.75. The third kappa shape index (κ3) is 5.13. The number of carbonyl (C=O) groups is 3. The second kappa shape index (κ2) is 9.26. The number of carbonyl (C=O) groups excluding carboxylic acids is 3. The van der Waals surface area contributed by atoms with Crippen LogP contribution in [0.1, 0.15) is 43.6 Å². The van der Waals surface area contributed by atoms with E-state index in [1.807, 2.05) is 0 Å². The summed E-state index contributed by atoms with van der Waals surface area (Å²) in [6.45, 7) is 1.86. The Kier molecular flexibility index (Phi) is 6.80. The molecule has 0 saturated carbocycles. The number of non-ortho nitro benzene ring substituents is 1. The molecule has 2 N–H and O–H groups in total. The van der Waals surface area contributed by atoms with E-state index in [0.29, 0.717) is 5.56 Å². The fourth-order valence-corrected chi connectivity index (χ4v) is 2.38. The number of amides is 2. The highest BCUT2D eigenvalue weighted by molar-refractivity contribution is 5.99. The maximum Gasteiger partial charge on any atom is 0.338 e. The Morgan fingerprint density at radius 2 is 1.64 bits per heavy atom. The van der Waals surface area contributed by atoms with Crippen LogP contribution in [-0.2, 0) is 11.3 Å². The van der Waals surface area contributed by atoms with E-state index >= 15 is 0 Å². The molecule has 0 radical (unpaired) electrons. The molecule has 146 valence electrons. The van der Waals surface area contributed by atoms with Crippen LogP contribution < -0.4 is 10.6 Å². The van der Waals surface area contributed by atoms with Crippen molar-refractivity contribution in [2.24, 2.45) is 0 Å². The molecule has 2 rings (SSSR count). The van der Waals surface area contributed by atoms with Crippen molar-refractivity contribution in [3.8, 4) is 0 Å². The molecule has 0 aromatic heterocycles. The van der Waals surface area contributed by atoms with Gasteiger partial charge in [0.2, 0.25) is 0 Å². The van der Waals surface area contributed by atoms with E-state index in [2.05, 4.69) is 10.6 Å². The maximum atomic E-state index is 12.4. The molecule has 0 fully saturated rings. The monoisotopic (exact) mass is 385 g/mol. The van der Waals surface area contributed by atoms with Crippen LogP contribution in [0.3, 0.4) is 0 Å². The number of nitro benzene ring substituents is 1. The van der Waals surface area contributed by atoms with Crippen LogP contribution in [0.15, 0.2) is 42.5 Å². The van der Waals surface area contributed by atoms with Gasteiger partial charge >= 0.3 is 5.97 Å². The Bertz CT molecular complexity index is 908. The Labute approximate surface area is 160 Å². The molecule has 0 unspecified atom stereocenters. The molecule has 2 aromatic carbocycles. The quantitative estimate of drug-likeness (QED) is 0.427. The molecular formula is C19H19N3O6. The fourth-order valence-electron chi connectivity index (χ4n) is 2.38. The van der Waals surface area contributed by atoms with Gasteiger partial charge in [-0.3, -0.25) is 19.7 Å². The summed E-state index contributed by atoms with van der Waals surface area (Å²) in [6, 6.07) is 10.00. The molecule has 0 saturated heterocycles. The predicted octanol–water partition coefficient (Wildman–Crippen LogP) is 2.06. The van der Waals surface area contributed by atoms with E-state index < -0.39 is 16.8 Å². The highest BCUT2D eigenvalue weighted by atomic mass is 16.6. The molecule has 28 heavy (non-hydrogen) atoms. The van der Waals surface area contributed by atoms with Gasteiger partial charge < -0.3 is 15.4 Å². The lowest BCUT2D eigenvalue weighted by atomic mass is 10.1. The van der Waals surface area contributed by atoms with E-state index in [1.165, 1.54) is 13.1 Å². The van der Waals surface area contributed by atoms with E-state index in [1.54, 1.807) is 31.2 Å². The van der Waals surface area contributed by atoms with Crippen LogP contribution in [0.5, 0.6) is 0 Å². The smallest absolute Gasteiger partial charge is 0.338 e. The molecule has 0 spiro atoms. The number of benzene rings is 2. The van der Waals surface area contributed by atoms with Crippen molar-refractivity contribution >= 4 is 23.5 Å². The van der Waals surface area contributed by atoms with Crippen molar-refractivity contribution in [3.05, 3.63) is 74.8 Å². The van der Waals surface area contributed by atoms with Crippen LogP contribution in [0.4, 0.5) is 5.69 Å². The van der Waals surface area contributed by atoms with Crippen LogP contribution in [0, 0.1) is 10.1 Å². The minimum atomic E-state index is -0.745. The molecule has 0 bridgehead atoms. The molecule has 2 aromatic rings. The molecule has 9 nitrogen and oxygen atoms in total. The Morgan fingerprint density at radius 3 is 2.21 bits per heavy atom. The van der Waals surface area contributed by atoms with Gasteiger partial charge in [0.05, 0.1) is 17.1 Å². The van der Waals surface area contributed by atoms with Gasteiger partial charge in [-0.15, -0.1) is 0 Å². The summed E-state index contributed by atoms with van der Waals surface area (Å²) in [4.78, 5) is 46.2. The standard InChI is InChI=1S/C19H19N3O6/c1-3-28-19(25)15-8-14(9-16(10-15)22(26)27)18(24)21-11-12-4-6-13(7-5-12)17(23)20-2/h4-10H,3,11H2,1-2H3,(H,20,23)(H,21,24). The Morgan fingerprint density at radius 1 is 1.00 bits per heavy atom. The van der Waals surface area contributed by atoms with Gasteiger partial charge in [-0.05, 0) is 30.7 Å². The fraction of sp³-hybridized carbons (Fsp3) is 0.211. The number of hydrogen-bond acceptors (Lipinski definition) is 6. The van der Waals surface area contributed by atoms with E-state index in [9.17, 15) is 24.5 Å². The van der Waals surface area contributed by atoms with Crippen molar-refractivity contribution in [1.29, 1.82) is 0 Å². The van der Waals surface area contributed by atoms with Crippen LogP contribution >= 0.6 is 0 Å². The first kappa shape index (κ1) is 20.6. The van der Waals surface area contributed by atoms with Crippen molar-refractivity contribution in [1.82, 2.24) is 10.6 Å². The first-order valence-corrected chi connectivity index (χ1v) is 8.41. The van der Waals surface area contributed by atoms with Crippen LogP contribution in [0.25, 0.3) is 0 Å². The molecule has 0 aliphatic carbocycles. The number of esters is 1. The molecule has 0 atom stereocenters. The molecular weight excluding hydrogens is 366 g/mol. The first-order valence-electron chi connectivity index (χ1n) is 8.41. The summed E-state index contributed by atoms with van der Waals surface area (Å²) in [6.07, 6.45) is 0. The zero-order chi connectivity index (χ0) is 20.7. The van der Waals surface area contributed by atoms with Gasteiger partial charge in [0.1, 0.15) is 0 Å². The van der Waals surface area contributed by atoms with Crippen molar-refractivity contribution in [3.63, 3.8) is 0 Å². The number of ether oxygens (including phenoxy) is 1. The first-order chi connectivity index (χ1) is 13.3. The molecule has 2 amide bonds. The number of nitro groups is 1. The predicted molar refractivity (Wildman–Crippen MR) is 100 cm³/mol. The van der Waals surface area contributed by atoms with Crippen molar-refractivity contribution in [2.45, 2.75) is 13.5 Å². The minimum absolute atomic E-state index is 0.0285. The van der Waals surface area contributed by atoms with Gasteiger partial charge in [-0.1, -0.05) is 12.1 Å². The second-order valence-corrected chi connectivity index (χ2v) is 5.70. The van der Waals surface area contributed by atoms with Crippen LogP contribution in [-0.4, -0.2) is 36.4 Å². The molecule has 9 heteroatoms. The van der Waals surface area contributed by atoms with Gasteiger partial charge in [-0.2, -0.15) is 0 Å². The molecule has 0 heterocycles. The summed E-state index contributed by atoms with van der Waals surface area (Å²) in [5.41, 5.74) is 0.730. The van der Waals surface area contributed by atoms with Gasteiger partial charge in [0.15, 0.2) is 0 Å². The van der Waals surface area contributed by atoms with E-state index in [0.717, 1.165) is 17.7 Å². The van der Waals surface area contributed by atoms with Crippen molar-refractivity contribution < 1.29 is 24.0 Å². The van der Waals surface area contributed by atoms with Crippen molar-refractivity contribution in [2.75, 3.05) is 13.7 Å². The molecule has 0 aliphatic heterocycles. The minimum Gasteiger partial charge on any atom is -0.462 e. The zero-order valence-electron chi connectivity index (χ0n) is 15.4. The Balaban J connectivity index is 2.15. The summed E-state index contributed by atoms with van der Waals surface area (Å²) < 4.78 is 4.84. The van der Waals surface area contributed by atoms with Crippen LogP contribution in [0.2, 0.25) is 0 Å². The highest BCUT2D eigenvalue weighted by Gasteiger charge is 2.18. The van der Waals surface area contributed by atoms with Gasteiger partial charge in [0, 0.05) is 36.9 Å². The average molecular weight is 385 g/mol. The average Bonchev–Trinajstić information content (AvgIpc) is 2.71. The SMILES string of the molecule is CCOC(=O)c1cc(C(=O)NCc2ccc(C(=O)NC)cc2)cc([N+](=O)[O-])c1. The summed E-state index contributed by atoms with van der Waals surface area (Å²) in [7, 11) is 1.53. The molecule has 0 aliphatic rings. The summed E-state index contributed by atoms with van der Waals surface area (Å²) in [5, 5.41) is 16.2. The zero-order valence-corrected chi connectivity index (χ0v) is 15.4. The summed E-state index contributed by atoms with van der Waals surface area (Å²) in [5.74, 6) is -1.55. The third-order valence-electron chi connectivity index (χ3n) is 3.80. The second-order valence-electron chi connectivity index (χ2n) is 5.70. The normalized spacial score (nSPS) is 10.1. The van der Waals surface area contributed by atoms with E-state index in [-0.39, 0.29) is 35.9 Å². The van der Waals surface area contributed by atoms with E-state index in [4.69, 9.17) is 4.74 Å². The number of hydrogen-bond donors (Lipinski definition) is 2. The van der Waals surface area contributed by atoms with Gasteiger partial charge in [-0.25, -0.2) is 4.79 Å². The van der Waals surface area contributed by atoms with Gasteiger partial charge in [0.25, 0.3) is 17.5 Å². The maximum absolute atomic E-state index is 12.4. The topological polar surface area (TPSA) is 128 Å². The number of rotatable bonds is 7. The lowest BCUT2D eigenvalue weighted by molar-refractivity contribution is -0.384. The number of nitrogens with one attached hydrogen (secondary N) is 2. The summed E-state index contributed by atoms with van der Waals surface area (Å²) >= 11 is 0. The largest absolute Gasteiger partial charge is 0.462 e. The lowest BCUT2D eigenvalue weighted by Crippen LogP contribution is -2.23. The number of nitrogens with zero attached hydrogens (tertiary/aromatic N) is 1. The third-order valence-corrected chi connectivity index (χ3v) is 3.80. The lowest BCUT2D eigenvalue weighted by Gasteiger charge is -2.08. The highest BCUT2D eigenvalue weighted by Crippen LogP contribution is 2.18.